The maximum Gasteiger partial charge on any atom is 0.341 e. The lowest BCUT2D eigenvalue weighted by molar-refractivity contribution is 0.0596. The molecule has 0 aliphatic heterocycles. The van der Waals surface area contributed by atoms with Crippen LogP contribution in [-0.2, 0) is 24.0 Å². The lowest BCUT2D eigenvalue weighted by Gasteiger charge is -2.15. The molecule has 0 fully saturated rings. The van der Waals surface area contributed by atoms with Gasteiger partial charge in [0.25, 0.3) is 0 Å². The number of benzene rings is 2. The summed E-state index contributed by atoms with van der Waals surface area (Å²) in [6.45, 7) is 2.14. The maximum absolute atomic E-state index is 12.2. The van der Waals surface area contributed by atoms with Gasteiger partial charge in [-0.2, -0.15) is 0 Å². The van der Waals surface area contributed by atoms with Gasteiger partial charge in [0.1, 0.15) is 17.1 Å². The molecule has 3 rings (SSSR count). The minimum atomic E-state index is -0.688. The fraction of sp³-hybridized carbons (Fsp3) is 0.240. The first-order valence-corrected chi connectivity index (χ1v) is 10.2. The van der Waals surface area contributed by atoms with Crippen molar-refractivity contribution in [3.63, 3.8) is 0 Å². The van der Waals surface area contributed by atoms with E-state index in [4.69, 9.17) is 16.3 Å². The largest absolute Gasteiger partial charge is 0.507 e. The molecule has 30 heavy (non-hydrogen) atoms. The topological polar surface area (TPSA) is 66.8 Å². The molecule has 1 aliphatic carbocycles. The first-order chi connectivity index (χ1) is 14.4. The van der Waals surface area contributed by atoms with Crippen LogP contribution in [0.2, 0.25) is 5.02 Å². The molecule has 1 atom stereocenters. The Bertz CT molecular complexity index is 1030. The fourth-order valence-electron chi connectivity index (χ4n) is 3.57. The van der Waals surface area contributed by atoms with Crippen molar-refractivity contribution >= 4 is 17.6 Å². The summed E-state index contributed by atoms with van der Waals surface area (Å²) < 4.78 is 4.79. The molecule has 0 saturated carbocycles. The highest BCUT2D eigenvalue weighted by atomic mass is 35.5. The van der Waals surface area contributed by atoms with Gasteiger partial charge in [-0.25, -0.2) is 4.79 Å². The fourth-order valence-corrected chi connectivity index (χ4v) is 3.81. The van der Waals surface area contributed by atoms with Crippen molar-refractivity contribution in [1.29, 1.82) is 0 Å². The van der Waals surface area contributed by atoms with Gasteiger partial charge in [-0.15, -0.1) is 0 Å². The zero-order valence-corrected chi connectivity index (χ0v) is 17.8. The standard InChI is InChI=1S/C25H25ClO4/c1-16-6-5-7-17(11-10-16)14-19-9-4-3-8-18(19)12-13-20-23(25(29)30-2)21(27)15-22(28)24(20)26/h3-11,15-16,27-28H,12-14H2,1-2H3. The highest BCUT2D eigenvalue weighted by Crippen LogP contribution is 2.37. The summed E-state index contributed by atoms with van der Waals surface area (Å²) in [6.07, 6.45) is 12.4. The summed E-state index contributed by atoms with van der Waals surface area (Å²) in [5.41, 5.74) is 3.87. The van der Waals surface area contributed by atoms with E-state index < -0.39 is 5.97 Å². The summed E-state index contributed by atoms with van der Waals surface area (Å²) in [7, 11) is 1.24. The monoisotopic (exact) mass is 424 g/mol. The van der Waals surface area contributed by atoms with Crippen LogP contribution >= 0.6 is 11.6 Å². The van der Waals surface area contributed by atoms with Gasteiger partial charge in [-0.05, 0) is 47.4 Å². The van der Waals surface area contributed by atoms with Gasteiger partial charge >= 0.3 is 5.97 Å². The molecule has 0 heterocycles. The summed E-state index contributed by atoms with van der Waals surface area (Å²) in [5, 5.41) is 20.2. The highest BCUT2D eigenvalue weighted by molar-refractivity contribution is 6.33. The van der Waals surface area contributed by atoms with Crippen LogP contribution in [0.3, 0.4) is 0 Å². The third-order valence-corrected chi connectivity index (χ3v) is 5.63. The second kappa shape index (κ2) is 9.68. The first kappa shape index (κ1) is 21.7. The summed E-state index contributed by atoms with van der Waals surface area (Å²) in [6, 6.07) is 9.17. The van der Waals surface area contributed by atoms with Crippen molar-refractivity contribution < 1.29 is 19.7 Å². The van der Waals surface area contributed by atoms with Crippen LogP contribution < -0.4 is 0 Å². The van der Waals surface area contributed by atoms with Crippen molar-refractivity contribution in [1.82, 2.24) is 0 Å². The van der Waals surface area contributed by atoms with Crippen LogP contribution in [0, 0.1) is 5.92 Å². The van der Waals surface area contributed by atoms with E-state index in [9.17, 15) is 15.0 Å². The molecule has 0 aromatic heterocycles. The van der Waals surface area contributed by atoms with Gasteiger partial charge in [0, 0.05) is 6.07 Å². The van der Waals surface area contributed by atoms with E-state index in [1.165, 1.54) is 18.2 Å². The van der Waals surface area contributed by atoms with Gasteiger partial charge in [-0.1, -0.05) is 73.2 Å². The second-order valence-corrected chi connectivity index (χ2v) is 7.74. The van der Waals surface area contributed by atoms with Gasteiger partial charge in [0.2, 0.25) is 0 Å². The average molecular weight is 425 g/mol. The van der Waals surface area contributed by atoms with Gasteiger partial charge in [0.15, 0.2) is 0 Å². The molecule has 1 aliphatic rings. The SMILES string of the molecule is COC(=O)c1c(O)cc(O)c(Cl)c1CCc1ccccc1CC1=CC=CC(C)C=C1. The predicted octanol–water partition coefficient (Wildman–Crippen LogP) is 5.55. The minimum absolute atomic E-state index is 0.00804. The van der Waals surface area contributed by atoms with Gasteiger partial charge < -0.3 is 14.9 Å². The Morgan fingerprint density at radius 2 is 1.83 bits per heavy atom. The van der Waals surface area contributed by atoms with Crippen LogP contribution in [0.4, 0.5) is 0 Å². The molecule has 0 radical (unpaired) electrons. The number of carbonyl (C=O) groups excluding carboxylic acids is 1. The number of allylic oxidation sites excluding steroid dienone is 6. The van der Waals surface area contributed by atoms with Crippen LogP contribution in [0.5, 0.6) is 11.5 Å². The molecule has 5 heteroatoms. The quantitative estimate of drug-likeness (QED) is 0.596. The van der Waals surface area contributed by atoms with E-state index in [1.54, 1.807) is 0 Å². The van der Waals surface area contributed by atoms with Gasteiger partial charge in [0.05, 0.1) is 12.1 Å². The second-order valence-electron chi connectivity index (χ2n) is 7.36. The number of ether oxygens (including phenoxy) is 1. The Labute approximate surface area is 181 Å². The number of halogens is 1. The van der Waals surface area contributed by atoms with Crippen LogP contribution in [-0.4, -0.2) is 23.3 Å². The molecule has 0 amide bonds. The molecule has 1 unspecified atom stereocenters. The number of hydrogen-bond donors (Lipinski definition) is 2. The third-order valence-electron chi connectivity index (χ3n) is 5.21. The third kappa shape index (κ3) is 4.95. The molecule has 2 N–H and O–H groups in total. The predicted molar refractivity (Wildman–Crippen MR) is 119 cm³/mol. The zero-order chi connectivity index (χ0) is 21.7. The number of methoxy groups -OCH3 is 1. The van der Waals surface area contributed by atoms with Crippen molar-refractivity contribution in [3.05, 3.63) is 93.6 Å². The Balaban J connectivity index is 1.88. The van der Waals surface area contributed by atoms with Crippen LogP contribution in [0.25, 0.3) is 0 Å². The Kier molecular flexibility index (Phi) is 7.01. The van der Waals surface area contributed by atoms with Crippen molar-refractivity contribution in [2.24, 2.45) is 5.92 Å². The number of phenolic OH excluding ortho intramolecular Hbond substituents is 2. The Morgan fingerprint density at radius 3 is 2.57 bits per heavy atom. The molecule has 4 nitrogen and oxygen atoms in total. The molecular formula is C25H25ClO4. The lowest BCUT2D eigenvalue weighted by atomic mass is 9.93. The molecule has 2 aromatic rings. The van der Waals surface area contributed by atoms with Crippen LogP contribution in [0.1, 0.15) is 34.0 Å². The van der Waals surface area contributed by atoms with E-state index in [2.05, 4.69) is 43.4 Å². The number of hydrogen-bond acceptors (Lipinski definition) is 4. The molecule has 2 aromatic carbocycles. The summed E-state index contributed by atoms with van der Waals surface area (Å²) in [5.74, 6) is -0.889. The number of rotatable bonds is 6. The van der Waals surface area contributed by atoms with Crippen molar-refractivity contribution in [3.8, 4) is 11.5 Å². The average Bonchev–Trinajstić information content (AvgIpc) is 2.94. The molecule has 0 spiro atoms. The number of aryl methyl sites for hydroxylation is 1. The molecular weight excluding hydrogens is 400 g/mol. The summed E-state index contributed by atoms with van der Waals surface area (Å²) >= 11 is 6.27. The number of carbonyl (C=O) groups is 1. The van der Waals surface area contributed by atoms with E-state index in [0.29, 0.717) is 24.3 Å². The van der Waals surface area contributed by atoms with E-state index in [-0.39, 0.29) is 22.1 Å². The molecule has 156 valence electrons. The van der Waals surface area contributed by atoms with Crippen LogP contribution in [0.15, 0.2) is 66.3 Å². The molecule has 0 bridgehead atoms. The number of esters is 1. The van der Waals surface area contributed by atoms with Crippen molar-refractivity contribution in [2.45, 2.75) is 26.2 Å². The zero-order valence-electron chi connectivity index (χ0n) is 17.1. The van der Waals surface area contributed by atoms with E-state index >= 15 is 0 Å². The van der Waals surface area contributed by atoms with Crippen molar-refractivity contribution in [2.75, 3.05) is 7.11 Å². The van der Waals surface area contributed by atoms with Gasteiger partial charge in [-0.3, -0.25) is 0 Å². The lowest BCUT2D eigenvalue weighted by Crippen LogP contribution is -2.09. The summed E-state index contributed by atoms with van der Waals surface area (Å²) in [4.78, 5) is 12.2. The normalized spacial score (nSPS) is 15.6. The first-order valence-electron chi connectivity index (χ1n) is 9.84. The van der Waals surface area contributed by atoms with E-state index in [1.807, 2.05) is 18.2 Å². The minimum Gasteiger partial charge on any atom is -0.507 e. The number of aromatic hydroxyl groups is 2. The smallest absolute Gasteiger partial charge is 0.341 e. The molecule has 0 saturated heterocycles. The Hall–Kier alpha value is -2.98. The maximum atomic E-state index is 12.2. The van der Waals surface area contributed by atoms with E-state index in [0.717, 1.165) is 18.1 Å². The highest BCUT2D eigenvalue weighted by Gasteiger charge is 2.23. The Morgan fingerprint density at radius 1 is 1.10 bits per heavy atom. The number of phenols is 2.